The van der Waals surface area contributed by atoms with Crippen molar-refractivity contribution in [2.24, 2.45) is 0 Å². The van der Waals surface area contributed by atoms with E-state index in [1.165, 1.54) is 0 Å². The molecule has 1 aromatic heterocycles. The molecule has 0 fully saturated rings. The molecule has 0 radical (unpaired) electrons. The van der Waals surface area contributed by atoms with Gasteiger partial charge in [0.05, 0.1) is 6.61 Å². The van der Waals surface area contributed by atoms with Crippen LogP contribution in [0.25, 0.3) is 11.4 Å². The third-order valence-corrected chi connectivity index (χ3v) is 3.18. The van der Waals surface area contributed by atoms with Crippen LogP contribution < -0.4 is 4.74 Å². The molecule has 4 heteroatoms. The van der Waals surface area contributed by atoms with Crippen molar-refractivity contribution >= 4 is 12.2 Å². The van der Waals surface area contributed by atoms with Crippen molar-refractivity contribution in [3.05, 3.63) is 40.7 Å². The summed E-state index contributed by atoms with van der Waals surface area (Å²) in [5.41, 5.74) is 2.06. The number of hydrogen-bond donors (Lipinski definition) is 1. The minimum atomic E-state index is 0.00276. The number of ether oxygens (including phenoxy) is 1. The van der Waals surface area contributed by atoms with E-state index in [4.69, 9.17) is 17.0 Å². The molecular formula is C16H20N2OS. The zero-order valence-electron chi connectivity index (χ0n) is 12.4. The van der Waals surface area contributed by atoms with Crippen LogP contribution in [-0.4, -0.2) is 16.6 Å². The van der Waals surface area contributed by atoms with E-state index in [-0.39, 0.29) is 5.41 Å². The zero-order chi connectivity index (χ0) is 14.8. The Hall–Kier alpha value is -1.68. The number of nitrogens with one attached hydrogen (secondary N) is 1. The zero-order valence-corrected chi connectivity index (χ0v) is 13.2. The van der Waals surface area contributed by atoms with Crippen LogP contribution >= 0.6 is 12.2 Å². The molecule has 0 spiro atoms. The molecule has 2 aromatic rings. The number of aromatic amines is 1. The van der Waals surface area contributed by atoms with Gasteiger partial charge in [-0.1, -0.05) is 45.1 Å². The predicted octanol–water partition coefficient (Wildman–Crippen LogP) is 4.50. The monoisotopic (exact) mass is 288 g/mol. The molecule has 0 saturated heterocycles. The summed E-state index contributed by atoms with van der Waals surface area (Å²) in [5.74, 6) is 1.62. The van der Waals surface area contributed by atoms with Crippen LogP contribution in [-0.2, 0) is 5.41 Å². The Kier molecular flexibility index (Phi) is 4.23. The van der Waals surface area contributed by atoms with Crippen molar-refractivity contribution in [3.63, 3.8) is 0 Å². The first-order valence-electron chi connectivity index (χ1n) is 6.75. The van der Waals surface area contributed by atoms with Crippen LogP contribution in [0.4, 0.5) is 0 Å². The lowest BCUT2D eigenvalue weighted by Gasteiger charge is -2.19. The lowest BCUT2D eigenvalue weighted by atomic mass is 9.92. The highest BCUT2D eigenvalue weighted by molar-refractivity contribution is 7.71. The van der Waals surface area contributed by atoms with E-state index in [0.717, 1.165) is 22.8 Å². The van der Waals surface area contributed by atoms with E-state index in [2.05, 4.69) is 30.7 Å². The molecule has 3 nitrogen and oxygen atoms in total. The topological polar surface area (TPSA) is 37.9 Å². The molecule has 0 aliphatic rings. The third-order valence-electron chi connectivity index (χ3n) is 2.97. The van der Waals surface area contributed by atoms with Crippen molar-refractivity contribution < 1.29 is 4.74 Å². The molecule has 106 valence electrons. The Labute approximate surface area is 125 Å². The Balaban J connectivity index is 2.50. The summed E-state index contributed by atoms with van der Waals surface area (Å²) < 4.78 is 6.13. The molecule has 1 N–H and O–H groups in total. The fraction of sp³-hybridized carbons (Fsp3) is 0.375. The van der Waals surface area contributed by atoms with Crippen molar-refractivity contribution in [1.82, 2.24) is 9.97 Å². The number of rotatable bonds is 3. The number of aromatic nitrogens is 2. The maximum absolute atomic E-state index is 5.53. The van der Waals surface area contributed by atoms with Gasteiger partial charge in [-0.15, -0.1) is 0 Å². The summed E-state index contributed by atoms with van der Waals surface area (Å²) in [4.78, 5) is 7.80. The molecule has 0 atom stereocenters. The van der Waals surface area contributed by atoms with Crippen molar-refractivity contribution in [2.75, 3.05) is 6.61 Å². The van der Waals surface area contributed by atoms with Gasteiger partial charge in [0.2, 0.25) is 0 Å². The van der Waals surface area contributed by atoms with Crippen LogP contribution in [0.3, 0.4) is 0 Å². The molecule has 2 rings (SSSR count). The van der Waals surface area contributed by atoms with E-state index in [1.807, 2.05) is 37.3 Å². The van der Waals surface area contributed by atoms with Gasteiger partial charge in [-0.2, -0.15) is 0 Å². The molecule has 0 unspecified atom stereocenters. The number of benzene rings is 1. The highest BCUT2D eigenvalue weighted by Crippen LogP contribution is 2.25. The first-order chi connectivity index (χ1) is 9.40. The molecular weight excluding hydrogens is 268 g/mol. The maximum Gasteiger partial charge on any atom is 0.139 e. The lowest BCUT2D eigenvalue weighted by molar-refractivity contribution is 0.340. The average Bonchev–Trinajstić information content (AvgIpc) is 2.38. The molecule has 0 saturated carbocycles. The first kappa shape index (κ1) is 14.7. The maximum atomic E-state index is 5.53. The Morgan fingerprint density at radius 1 is 1.25 bits per heavy atom. The summed E-state index contributed by atoms with van der Waals surface area (Å²) >= 11 is 5.28. The second-order valence-electron chi connectivity index (χ2n) is 5.69. The Bertz CT molecular complexity index is 656. The van der Waals surface area contributed by atoms with Crippen LogP contribution in [0, 0.1) is 4.64 Å². The predicted molar refractivity (Wildman–Crippen MR) is 84.7 cm³/mol. The van der Waals surface area contributed by atoms with Crippen LogP contribution in [0.1, 0.15) is 33.4 Å². The molecule has 0 amide bonds. The van der Waals surface area contributed by atoms with Gasteiger partial charge in [0.1, 0.15) is 16.2 Å². The van der Waals surface area contributed by atoms with E-state index in [9.17, 15) is 0 Å². The lowest BCUT2D eigenvalue weighted by Crippen LogP contribution is -2.14. The van der Waals surface area contributed by atoms with Crippen LogP contribution in [0.2, 0.25) is 0 Å². The minimum absolute atomic E-state index is 0.00276. The average molecular weight is 288 g/mol. The molecule has 0 aliphatic carbocycles. The van der Waals surface area contributed by atoms with Gasteiger partial charge in [0.25, 0.3) is 0 Å². The Morgan fingerprint density at radius 2 is 2.00 bits per heavy atom. The highest BCUT2D eigenvalue weighted by atomic mass is 32.1. The van der Waals surface area contributed by atoms with Gasteiger partial charge in [-0.3, -0.25) is 0 Å². The van der Waals surface area contributed by atoms with E-state index in [0.29, 0.717) is 11.2 Å². The summed E-state index contributed by atoms with van der Waals surface area (Å²) in [6.07, 6.45) is 0. The molecule has 0 bridgehead atoms. The summed E-state index contributed by atoms with van der Waals surface area (Å²) in [5, 5.41) is 0. The van der Waals surface area contributed by atoms with Crippen LogP contribution in [0.5, 0.6) is 5.75 Å². The number of nitrogens with zero attached hydrogens (tertiary/aromatic N) is 1. The molecule has 1 heterocycles. The van der Waals surface area contributed by atoms with E-state index < -0.39 is 0 Å². The third kappa shape index (κ3) is 3.45. The van der Waals surface area contributed by atoms with Gasteiger partial charge in [0, 0.05) is 16.7 Å². The fourth-order valence-corrected chi connectivity index (χ4v) is 2.11. The quantitative estimate of drug-likeness (QED) is 0.845. The smallest absolute Gasteiger partial charge is 0.139 e. The standard InChI is InChI=1S/C16H20N2OS/c1-5-19-12-8-6-7-11(9-12)15-17-13(16(2,3)4)10-14(20)18-15/h6-10H,5H2,1-4H3,(H,17,18,20). The van der Waals surface area contributed by atoms with Gasteiger partial charge < -0.3 is 9.72 Å². The highest BCUT2D eigenvalue weighted by Gasteiger charge is 2.16. The number of H-pyrrole nitrogens is 1. The largest absolute Gasteiger partial charge is 0.494 e. The second kappa shape index (κ2) is 5.75. The molecule has 0 aliphatic heterocycles. The van der Waals surface area contributed by atoms with E-state index in [1.54, 1.807) is 0 Å². The summed E-state index contributed by atoms with van der Waals surface area (Å²) in [6, 6.07) is 9.80. The van der Waals surface area contributed by atoms with Crippen molar-refractivity contribution in [2.45, 2.75) is 33.1 Å². The van der Waals surface area contributed by atoms with Gasteiger partial charge in [-0.05, 0) is 25.1 Å². The molecule has 1 aromatic carbocycles. The Morgan fingerprint density at radius 3 is 2.65 bits per heavy atom. The SMILES string of the molecule is CCOc1cccc(-c2nc(=S)cc(C(C)(C)C)[nH]2)c1. The normalized spacial score (nSPS) is 11.4. The van der Waals surface area contributed by atoms with Crippen molar-refractivity contribution in [3.8, 4) is 17.1 Å². The number of hydrogen-bond acceptors (Lipinski definition) is 3. The van der Waals surface area contributed by atoms with Crippen molar-refractivity contribution in [1.29, 1.82) is 0 Å². The minimum Gasteiger partial charge on any atom is -0.494 e. The fourth-order valence-electron chi connectivity index (χ4n) is 1.90. The van der Waals surface area contributed by atoms with Gasteiger partial charge >= 0.3 is 0 Å². The molecule has 20 heavy (non-hydrogen) atoms. The summed E-state index contributed by atoms with van der Waals surface area (Å²) in [6.45, 7) is 9.06. The summed E-state index contributed by atoms with van der Waals surface area (Å²) in [7, 11) is 0. The van der Waals surface area contributed by atoms with E-state index >= 15 is 0 Å². The van der Waals surface area contributed by atoms with Gasteiger partial charge in [-0.25, -0.2) is 4.98 Å². The first-order valence-corrected chi connectivity index (χ1v) is 7.16. The second-order valence-corrected chi connectivity index (χ2v) is 6.11. The van der Waals surface area contributed by atoms with Gasteiger partial charge in [0.15, 0.2) is 0 Å². The van der Waals surface area contributed by atoms with Crippen LogP contribution in [0.15, 0.2) is 30.3 Å².